The highest BCUT2D eigenvalue weighted by Crippen LogP contribution is 2.18. The van der Waals surface area contributed by atoms with Crippen molar-refractivity contribution in [2.45, 2.75) is 19.8 Å². The van der Waals surface area contributed by atoms with Gasteiger partial charge in [0, 0.05) is 18.7 Å². The highest BCUT2D eigenvalue weighted by atomic mass is 16.2. The summed E-state index contributed by atoms with van der Waals surface area (Å²) >= 11 is 0. The van der Waals surface area contributed by atoms with Gasteiger partial charge in [-0.1, -0.05) is 17.7 Å². The molecule has 18 heavy (non-hydrogen) atoms. The second-order valence-corrected chi connectivity index (χ2v) is 4.86. The number of carbonyl (C=O) groups is 2. The smallest absolute Gasteiger partial charge is 0.253 e. The van der Waals surface area contributed by atoms with Crippen molar-refractivity contribution in [3.05, 3.63) is 35.4 Å². The third-order valence-corrected chi connectivity index (χ3v) is 3.41. The van der Waals surface area contributed by atoms with Crippen LogP contribution in [0.1, 0.15) is 28.8 Å². The van der Waals surface area contributed by atoms with Crippen molar-refractivity contribution in [2.24, 2.45) is 11.7 Å². The molecule has 0 aromatic heterocycles. The number of piperidine rings is 1. The first kappa shape index (κ1) is 12.6. The van der Waals surface area contributed by atoms with Gasteiger partial charge < -0.3 is 10.6 Å². The molecule has 2 rings (SSSR count). The molecule has 1 fully saturated rings. The minimum atomic E-state index is -0.309. The molecule has 1 aromatic rings. The van der Waals surface area contributed by atoms with Crippen molar-refractivity contribution in [3.63, 3.8) is 0 Å². The minimum absolute atomic E-state index is 0.0130. The summed E-state index contributed by atoms with van der Waals surface area (Å²) in [4.78, 5) is 25.2. The maximum absolute atomic E-state index is 12.3. The molecule has 1 aliphatic heterocycles. The summed E-state index contributed by atoms with van der Waals surface area (Å²) in [6.07, 6.45) is 1.62. The molecule has 1 aliphatic rings. The van der Waals surface area contributed by atoms with Gasteiger partial charge in [0.05, 0.1) is 5.92 Å². The average molecular weight is 246 g/mol. The van der Waals surface area contributed by atoms with Crippen LogP contribution in [-0.2, 0) is 4.79 Å². The van der Waals surface area contributed by atoms with Gasteiger partial charge >= 0.3 is 0 Å². The Morgan fingerprint density at radius 2 is 1.94 bits per heavy atom. The number of rotatable bonds is 2. The number of primary amides is 1. The molecular weight excluding hydrogens is 228 g/mol. The summed E-state index contributed by atoms with van der Waals surface area (Å²) in [6.45, 7) is 3.14. The molecule has 1 atom stereocenters. The van der Waals surface area contributed by atoms with E-state index in [0.717, 1.165) is 18.4 Å². The van der Waals surface area contributed by atoms with E-state index in [1.54, 1.807) is 4.90 Å². The normalized spacial score (nSPS) is 19.6. The van der Waals surface area contributed by atoms with E-state index in [4.69, 9.17) is 5.73 Å². The molecule has 0 spiro atoms. The molecule has 0 unspecified atom stereocenters. The Kier molecular flexibility index (Phi) is 3.65. The van der Waals surface area contributed by atoms with E-state index >= 15 is 0 Å². The third kappa shape index (κ3) is 2.70. The molecule has 1 aromatic carbocycles. The lowest BCUT2D eigenvalue weighted by atomic mass is 9.97. The first-order chi connectivity index (χ1) is 8.58. The average Bonchev–Trinajstić information content (AvgIpc) is 2.39. The summed E-state index contributed by atoms with van der Waals surface area (Å²) in [5, 5.41) is 0. The van der Waals surface area contributed by atoms with Crippen LogP contribution in [0.25, 0.3) is 0 Å². The lowest BCUT2D eigenvalue weighted by Gasteiger charge is -2.31. The predicted molar refractivity (Wildman–Crippen MR) is 69.0 cm³/mol. The summed E-state index contributed by atoms with van der Waals surface area (Å²) in [5.41, 5.74) is 7.11. The molecule has 1 heterocycles. The molecule has 96 valence electrons. The number of hydrogen-bond acceptors (Lipinski definition) is 2. The van der Waals surface area contributed by atoms with Gasteiger partial charge in [-0.05, 0) is 31.9 Å². The van der Waals surface area contributed by atoms with E-state index in [-0.39, 0.29) is 17.7 Å². The molecule has 1 saturated heterocycles. The number of amides is 2. The van der Waals surface area contributed by atoms with Crippen LogP contribution in [-0.4, -0.2) is 29.8 Å². The van der Waals surface area contributed by atoms with Gasteiger partial charge in [-0.2, -0.15) is 0 Å². The number of nitrogens with two attached hydrogens (primary N) is 1. The molecule has 0 saturated carbocycles. The van der Waals surface area contributed by atoms with Crippen LogP contribution in [0.4, 0.5) is 0 Å². The first-order valence-corrected chi connectivity index (χ1v) is 6.23. The quantitative estimate of drug-likeness (QED) is 0.855. The highest BCUT2D eigenvalue weighted by molar-refractivity contribution is 5.94. The Labute approximate surface area is 107 Å². The lowest BCUT2D eigenvalue weighted by Crippen LogP contribution is -2.44. The number of likely N-dealkylation sites (tertiary alicyclic amines) is 1. The van der Waals surface area contributed by atoms with E-state index < -0.39 is 0 Å². The van der Waals surface area contributed by atoms with E-state index in [2.05, 4.69) is 0 Å². The van der Waals surface area contributed by atoms with Gasteiger partial charge in [-0.3, -0.25) is 9.59 Å². The van der Waals surface area contributed by atoms with Crippen LogP contribution in [0, 0.1) is 12.8 Å². The number of aryl methyl sites for hydroxylation is 1. The van der Waals surface area contributed by atoms with Crippen LogP contribution in [0.15, 0.2) is 24.3 Å². The fraction of sp³-hybridized carbons (Fsp3) is 0.429. The van der Waals surface area contributed by atoms with Gasteiger partial charge in [0.1, 0.15) is 0 Å². The largest absolute Gasteiger partial charge is 0.369 e. The summed E-state index contributed by atoms with van der Waals surface area (Å²) < 4.78 is 0. The van der Waals surface area contributed by atoms with Gasteiger partial charge in [-0.25, -0.2) is 0 Å². The Hall–Kier alpha value is -1.84. The maximum atomic E-state index is 12.3. The van der Waals surface area contributed by atoms with E-state index in [9.17, 15) is 9.59 Å². The number of hydrogen-bond donors (Lipinski definition) is 1. The fourth-order valence-corrected chi connectivity index (χ4v) is 2.27. The van der Waals surface area contributed by atoms with Crippen molar-refractivity contribution in [2.75, 3.05) is 13.1 Å². The SMILES string of the molecule is Cc1ccc(C(=O)N2CCC[C@@H](C(N)=O)C2)cc1. The number of nitrogens with zero attached hydrogens (tertiary/aromatic N) is 1. The highest BCUT2D eigenvalue weighted by Gasteiger charge is 2.27. The zero-order valence-corrected chi connectivity index (χ0v) is 10.6. The Balaban J connectivity index is 2.09. The van der Waals surface area contributed by atoms with Crippen molar-refractivity contribution in [1.29, 1.82) is 0 Å². The molecular formula is C14H18N2O2. The molecule has 0 bridgehead atoms. The molecule has 4 heteroatoms. The minimum Gasteiger partial charge on any atom is -0.369 e. The maximum Gasteiger partial charge on any atom is 0.253 e. The zero-order valence-electron chi connectivity index (χ0n) is 10.6. The molecule has 4 nitrogen and oxygen atoms in total. The van der Waals surface area contributed by atoms with Gasteiger partial charge in [0.15, 0.2) is 0 Å². The first-order valence-electron chi connectivity index (χ1n) is 6.23. The molecule has 2 amide bonds. The van der Waals surface area contributed by atoms with Crippen LogP contribution in [0.5, 0.6) is 0 Å². The third-order valence-electron chi connectivity index (χ3n) is 3.41. The second-order valence-electron chi connectivity index (χ2n) is 4.86. The van der Waals surface area contributed by atoms with Crippen molar-refractivity contribution in [1.82, 2.24) is 4.90 Å². The van der Waals surface area contributed by atoms with Crippen molar-refractivity contribution < 1.29 is 9.59 Å². The van der Waals surface area contributed by atoms with E-state index in [0.29, 0.717) is 18.7 Å². The Morgan fingerprint density at radius 1 is 1.28 bits per heavy atom. The fourth-order valence-electron chi connectivity index (χ4n) is 2.27. The lowest BCUT2D eigenvalue weighted by molar-refractivity contribution is -0.123. The van der Waals surface area contributed by atoms with Crippen molar-refractivity contribution in [3.8, 4) is 0 Å². The van der Waals surface area contributed by atoms with Gasteiger partial charge in [-0.15, -0.1) is 0 Å². The van der Waals surface area contributed by atoms with Gasteiger partial charge in [0.25, 0.3) is 5.91 Å². The topological polar surface area (TPSA) is 63.4 Å². The molecule has 0 aliphatic carbocycles. The monoisotopic (exact) mass is 246 g/mol. The Bertz CT molecular complexity index is 453. The molecule has 2 N–H and O–H groups in total. The van der Waals surface area contributed by atoms with E-state index in [1.807, 2.05) is 31.2 Å². The standard InChI is InChI=1S/C14H18N2O2/c1-10-4-6-11(7-5-10)14(18)16-8-2-3-12(9-16)13(15)17/h4-7,12H,2-3,8-9H2,1H3,(H2,15,17)/t12-/m1/s1. The Morgan fingerprint density at radius 3 is 2.56 bits per heavy atom. The number of benzene rings is 1. The summed E-state index contributed by atoms with van der Waals surface area (Å²) in [7, 11) is 0. The number of carbonyl (C=O) groups excluding carboxylic acids is 2. The predicted octanol–water partition coefficient (Wildman–Crippen LogP) is 1.33. The van der Waals surface area contributed by atoms with Crippen LogP contribution in [0.2, 0.25) is 0 Å². The van der Waals surface area contributed by atoms with Crippen LogP contribution >= 0.6 is 0 Å². The summed E-state index contributed by atoms with van der Waals surface area (Å²) in [6, 6.07) is 7.49. The van der Waals surface area contributed by atoms with Crippen LogP contribution in [0.3, 0.4) is 0 Å². The van der Waals surface area contributed by atoms with Gasteiger partial charge in [0.2, 0.25) is 5.91 Å². The second kappa shape index (κ2) is 5.21. The van der Waals surface area contributed by atoms with Crippen molar-refractivity contribution >= 4 is 11.8 Å². The summed E-state index contributed by atoms with van der Waals surface area (Å²) in [5.74, 6) is -0.523. The van der Waals surface area contributed by atoms with E-state index in [1.165, 1.54) is 0 Å². The van der Waals surface area contributed by atoms with Crippen LogP contribution < -0.4 is 5.73 Å². The zero-order chi connectivity index (χ0) is 13.1. The molecule has 0 radical (unpaired) electrons.